The molecule has 0 radical (unpaired) electrons. The second-order valence-electron chi connectivity index (χ2n) is 9.30. The van der Waals surface area contributed by atoms with Gasteiger partial charge >= 0.3 is 0 Å². The Labute approximate surface area is 176 Å². The van der Waals surface area contributed by atoms with E-state index < -0.39 is 6.10 Å². The van der Waals surface area contributed by atoms with Gasteiger partial charge in [0.15, 0.2) is 0 Å². The van der Waals surface area contributed by atoms with Crippen molar-refractivity contribution in [2.45, 2.75) is 69.2 Å². The molecule has 0 bridgehead atoms. The standard InChI is InChI=1S/C23H30N2O5/c26-12-20-23-18(9-16(29-20)10-21(27)24-11-14-3-4-14)17-8-15(5-6-19(17)30-23)25-22(28)7-13-1-2-13/h5-6,8,13-14,16,18,20,23,26H,1-4,7,9-12H2,(H,24,27)(H,25,28)/t16-,18+,20+,23-/m1/s1. The third kappa shape index (κ3) is 4.47. The molecule has 3 N–H and O–H groups in total. The van der Waals surface area contributed by atoms with Crippen LogP contribution in [0.5, 0.6) is 5.75 Å². The van der Waals surface area contributed by atoms with E-state index in [0.29, 0.717) is 31.1 Å². The lowest BCUT2D eigenvalue weighted by atomic mass is 9.84. The third-order valence-electron chi connectivity index (χ3n) is 6.65. The predicted molar refractivity (Wildman–Crippen MR) is 110 cm³/mol. The third-order valence-corrected chi connectivity index (χ3v) is 6.65. The van der Waals surface area contributed by atoms with Crippen molar-refractivity contribution in [3.05, 3.63) is 23.8 Å². The number of nitrogens with one attached hydrogen (secondary N) is 2. The summed E-state index contributed by atoms with van der Waals surface area (Å²) in [7, 11) is 0. The molecule has 1 aromatic rings. The maximum Gasteiger partial charge on any atom is 0.224 e. The van der Waals surface area contributed by atoms with Gasteiger partial charge in [0, 0.05) is 30.1 Å². The van der Waals surface area contributed by atoms with Gasteiger partial charge in [0.25, 0.3) is 0 Å². The molecule has 2 aliphatic heterocycles. The smallest absolute Gasteiger partial charge is 0.224 e. The fraction of sp³-hybridized carbons (Fsp3) is 0.652. The summed E-state index contributed by atoms with van der Waals surface area (Å²) >= 11 is 0. The lowest BCUT2D eigenvalue weighted by Crippen LogP contribution is -2.47. The number of hydrogen-bond donors (Lipinski definition) is 3. The van der Waals surface area contributed by atoms with Crippen molar-refractivity contribution in [1.82, 2.24) is 5.32 Å². The van der Waals surface area contributed by atoms with Crippen molar-refractivity contribution in [3.8, 4) is 5.75 Å². The monoisotopic (exact) mass is 414 g/mol. The Bertz CT molecular complexity index is 820. The topological polar surface area (TPSA) is 96.9 Å². The maximum atomic E-state index is 12.3. The molecule has 3 fully saturated rings. The van der Waals surface area contributed by atoms with Gasteiger partial charge in [-0.2, -0.15) is 0 Å². The number of amides is 2. The Hall–Kier alpha value is -2.12. The first-order chi connectivity index (χ1) is 14.6. The van der Waals surface area contributed by atoms with Gasteiger partial charge in [-0.25, -0.2) is 0 Å². The second kappa shape index (κ2) is 8.19. The zero-order valence-electron chi connectivity index (χ0n) is 17.1. The summed E-state index contributed by atoms with van der Waals surface area (Å²) in [5.41, 5.74) is 1.80. The van der Waals surface area contributed by atoms with E-state index in [1.165, 1.54) is 12.8 Å². The molecule has 2 aliphatic carbocycles. The summed E-state index contributed by atoms with van der Waals surface area (Å²) in [5, 5.41) is 15.8. The predicted octanol–water partition coefficient (Wildman–Crippen LogP) is 2.34. The highest BCUT2D eigenvalue weighted by Crippen LogP contribution is 2.47. The number of ether oxygens (including phenoxy) is 2. The number of aliphatic hydroxyl groups is 1. The van der Waals surface area contributed by atoms with Crippen LogP contribution in [-0.2, 0) is 14.3 Å². The molecule has 30 heavy (non-hydrogen) atoms. The molecule has 1 saturated heterocycles. The molecule has 0 unspecified atom stereocenters. The van der Waals surface area contributed by atoms with Gasteiger partial charge in [-0.15, -0.1) is 0 Å². The minimum atomic E-state index is -0.467. The van der Waals surface area contributed by atoms with Crippen molar-refractivity contribution in [1.29, 1.82) is 0 Å². The number of fused-ring (bicyclic) bond motifs is 3. The van der Waals surface area contributed by atoms with Crippen LogP contribution >= 0.6 is 0 Å². The van der Waals surface area contributed by atoms with Crippen molar-refractivity contribution in [2.24, 2.45) is 11.8 Å². The first kappa shape index (κ1) is 19.8. The quantitative estimate of drug-likeness (QED) is 0.607. The molecule has 7 heteroatoms. The van der Waals surface area contributed by atoms with E-state index in [1.54, 1.807) is 0 Å². The van der Waals surface area contributed by atoms with Gasteiger partial charge in [0.05, 0.1) is 19.1 Å². The van der Waals surface area contributed by atoms with Crippen molar-refractivity contribution in [3.63, 3.8) is 0 Å². The zero-order valence-corrected chi connectivity index (χ0v) is 17.1. The Morgan fingerprint density at radius 3 is 2.60 bits per heavy atom. The second-order valence-corrected chi connectivity index (χ2v) is 9.30. The molecule has 0 aromatic heterocycles. The van der Waals surface area contributed by atoms with Crippen molar-refractivity contribution >= 4 is 17.5 Å². The zero-order chi connectivity index (χ0) is 20.7. The van der Waals surface area contributed by atoms with E-state index in [9.17, 15) is 14.7 Å². The molecule has 162 valence electrons. The van der Waals surface area contributed by atoms with Crippen LogP contribution in [0.3, 0.4) is 0 Å². The number of aliphatic hydroxyl groups excluding tert-OH is 1. The van der Waals surface area contributed by atoms with Gasteiger partial charge in [-0.1, -0.05) is 0 Å². The van der Waals surface area contributed by atoms with Gasteiger partial charge in [0.2, 0.25) is 11.8 Å². The SMILES string of the molecule is O=C(C[C@H]1C[C@H]2c3cc(NC(=O)CC4CC4)ccc3O[C@H]2[C@H](CO)O1)NCC1CC1. The van der Waals surface area contributed by atoms with E-state index >= 15 is 0 Å². The van der Waals surface area contributed by atoms with Crippen LogP contribution in [0, 0.1) is 11.8 Å². The molecule has 7 nitrogen and oxygen atoms in total. The average Bonchev–Trinajstić information content (AvgIpc) is 3.65. The maximum absolute atomic E-state index is 12.3. The normalized spacial score (nSPS) is 29.5. The number of hydrogen-bond acceptors (Lipinski definition) is 5. The van der Waals surface area contributed by atoms with E-state index in [2.05, 4.69) is 10.6 Å². The highest BCUT2D eigenvalue weighted by molar-refractivity contribution is 5.91. The molecule has 2 amide bonds. The minimum absolute atomic E-state index is 0.00210. The molecule has 1 aromatic carbocycles. The molecule has 2 heterocycles. The highest BCUT2D eigenvalue weighted by atomic mass is 16.6. The van der Waals surface area contributed by atoms with E-state index in [-0.39, 0.29) is 36.5 Å². The first-order valence-corrected chi connectivity index (χ1v) is 11.2. The Kier molecular flexibility index (Phi) is 5.41. The number of anilines is 1. The molecule has 4 aliphatic rings. The number of carbonyl (C=O) groups is 2. The molecular formula is C23H30N2O5. The van der Waals surface area contributed by atoms with Crippen LogP contribution in [-0.4, -0.2) is 48.4 Å². The Balaban J connectivity index is 1.26. The number of rotatable bonds is 8. The molecule has 4 atom stereocenters. The summed E-state index contributed by atoms with van der Waals surface area (Å²) in [6, 6.07) is 5.72. The molecular weight excluding hydrogens is 384 g/mol. The summed E-state index contributed by atoms with van der Waals surface area (Å²) < 4.78 is 12.1. The fourth-order valence-electron chi connectivity index (χ4n) is 4.62. The van der Waals surface area contributed by atoms with Crippen LogP contribution in [0.25, 0.3) is 0 Å². The number of benzene rings is 1. The Morgan fingerprint density at radius 2 is 1.87 bits per heavy atom. The van der Waals surface area contributed by atoms with E-state index in [4.69, 9.17) is 9.47 Å². The molecule has 5 rings (SSSR count). The summed E-state index contributed by atoms with van der Waals surface area (Å²) in [6.45, 7) is 0.594. The van der Waals surface area contributed by atoms with Gasteiger partial charge < -0.3 is 25.2 Å². The molecule has 0 spiro atoms. The summed E-state index contributed by atoms with van der Waals surface area (Å²) in [5.74, 6) is 2.04. The summed E-state index contributed by atoms with van der Waals surface area (Å²) in [6.07, 6.45) is 5.22. The lowest BCUT2D eigenvalue weighted by molar-refractivity contribution is -0.142. The molecule has 2 saturated carbocycles. The van der Waals surface area contributed by atoms with Crippen LogP contribution in [0.15, 0.2) is 18.2 Å². The largest absolute Gasteiger partial charge is 0.487 e. The van der Waals surface area contributed by atoms with E-state index in [0.717, 1.165) is 36.4 Å². The number of carbonyl (C=O) groups excluding carboxylic acids is 2. The highest BCUT2D eigenvalue weighted by Gasteiger charge is 2.46. The van der Waals surface area contributed by atoms with Gasteiger partial charge in [0.1, 0.15) is 18.0 Å². The average molecular weight is 415 g/mol. The Morgan fingerprint density at radius 1 is 1.07 bits per heavy atom. The van der Waals surface area contributed by atoms with Gasteiger partial charge in [-0.05, 0) is 62.1 Å². The van der Waals surface area contributed by atoms with Crippen LogP contribution in [0.4, 0.5) is 5.69 Å². The van der Waals surface area contributed by atoms with E-state index in [1.807, 2.05) is 18.2 Å². The van der Waals surface area contributed by atoms with Crippen LogP contribution < -0.4 is 15.4 Å². The lowest BCUT2D eigenvalue weighted by Gasteiger charge is -2.37. The fourth-order valence-corrected chi connectivity index (χ4v) is 4.62. The summed E-state index contributed by atoms with van der Waals surface area (Å²) in [4.78, 5) is 24.5. The minimum Gasteiger partial charge on any atom is -0.487 e. The van der Waals surface area contributed by atoms with Crippen molar-refractivity contribution < 1.29 is 24.2 Å². The first-order valence-electron chi connectivity index (χ1n) is 11.2. The van der Waals surface area contributed by atoms with Crippen molar-refractivity contribution in [2.75, 3.05) is 18.5 Å². The van der Waals surface area contributed by atoms with Crippen LogP contribution in [0.2, 0.25) is 0 Å². The van der Waals surface area contributed by atoms with Crippen LogP contribution in [0.1, 0.15) is 56.4 Å². The van der Waals surface area contributed by atoms with Gasteiger partial charge in [-0.3, -0.25) is 9.59 Å².